The zero-order valence-corrected chi connectivity index (χ0v) is 7.35. The molecule has 0 saturated carbocycles. The number of rotatable bonds is 6. The maximum Gasteiger partial charge on any atom is 0.151 e. The molecule has 0 heterocycles. The van der Waals surface area contributed by atoms with Crippen molar-refractivity contribution in [3.63, 3.8) is 0 Å². The summed E-state index contributed by atoms with van der Waals surface area (Å²) in [6.45, 7) is 1.95. The first-order chi connectivity index (χ1) is 5.52. The molecule has 0 rings (SSSR count). The molecule has 0 spiro atoms. The van der Waals surface area contributed by atoms with Crippen molar-refractivity contribution in [3.8, 4) is 0 Å². The van der Waals surface area contributed by atoms with Gasteiger partial charge in [-0.3, -0.25) is 0 Å². The lowest BCUT2D eigenvalue weighted by atomic mass is 9.99. The first-order valence-electron chi connectivity index (χ1n) is 4.24. The largest absolute Gasteiger partial charge is 0.368 e. The van der Waals surface area contributed by atoms with Gasteiger partial charge in [-0.25, -0.2) is 0 Å². The third kappa shape index (κ3) is 7.94. The SMILES string of the molecule is CC(CCC(O)O)CCC(O)O. The second-order valence-electron chi connectivity index (χ2n) is 3.22. The lowest BCUT2D eigenvalue weighted by Crippen LogP contribution is -2.10. The third-order valence-electron chi connectivity index (χ3n) is 1.84. The van der Waals surface area contributed by atoms with Crippen LogP contribution in [0.3, 0.4) is 0 Å². The molecule has 0 saturated heterocycles. The fraction of sp³-hybridized carbons (Fsp3) is 1.00. The van der Waals surface area contributed by atoms with E-state index in [1.165, 1.54) is 0 Å². The molecule has 0 aromatic carbocycles. The van der Waals surface area contributed by atoms with Crippen molar-refractivity contribution in [1.82, 2.24) is 0 Å². The fourth-order valence-electron chi connectivity index (χ4n) is 1.01. The van der Waals surface area contributed by atoms with Crippen LogP contribution in [-0.2, 0) is 0 Å². The van der Waals surface area contributed by atoms with Crippen molar-refractivity contribution in [1.29, 1.82) is 0 Å². The Balaban J connectivity index is 3.27. The third-order valence-corrected chi connectivity index (χ3v) is 1.84. The van der Waals surface area contributed by atoms with Gasteiger partial charge in [-0.05, 0) is 31.6 Å². The summed E-state index contributed by atoms with van der Waals surface area (Å²) >= 11 is 0. The van der Waals surface area contributed by atoms with E-state index in [1.807, 2.05) is 6.92 Å². The minimum Gasteiger partial charge on any atom is -0.368 e. The highest BCUT2D eigenvalue weighted by Crippen LogP contribution is 2.14. The fourth-order valence-corrected chi connectivity index (χ4v) is 1.01. The van der Waals surface area contributed by atoms with Gasteiger partial charge < -0.3 is 20.4 Å². The average molecular weight is 178 g/mol. The van der Waals surface area contributed by atoms with Crippen LogP contribution in [-0.4, -0.2) is 33.0 Å². The Labute approximate surface area is 72.5 Å². The molecule has 4 nitrogen and oxygen atoms in total. The zero-order chi connectivity index (χ0) is 9.56. The maximum atomic E-state index is 8.54. The molecular formula is C8H18O4. The van der Waals surface area contributed by atoms with Crippen LogP contribution in [0.2, 0.25) is 0 Å². The summed E-state index contributed by atoms with van der Waals surface area (Å²) in [5.74, 6) is 0.300. The Hall–Kier alpha value is -0.160. The Morgan fingerprint density at radius 3 is 1.33 bits per heavy atom. The highest BCUT2D eigenvalue weighted by molar-refractivity contribution is 4.55. The molecule has 4 N–H and O–H groups in total. The van der Waals surface area contributed by atoms with E-state index >= 15 is 0 Å². The summed E-state index contributed by atoms with van der Waals surface area (Å²) in [6, 6.07) is 0. The predicted octanol–water partition coefficient (Wildman–Crippen LogP) is -0.196. The van der Waals surface area contributed by atoms with Crippen molar-refractivity contribution < 1.29 is 20.4 Å². The van der Waals surface area contributed by atoms with Crippen molar-refractivity contribution in [2.24, 2.45) is 5.92 Å². The molecule has 4 heteroatoms. The van der Waals surface area contributed by atoms with E-state index < -0.39 is 12.6 Å². The van der Waals surface area contributed by atoms with Crippen molar-refractivity contribution in [2.45, 2.75) is 45.2 Å². The maximum absolute atomic E-state index is 8.54. The predicted molar refractivity (Wildman–Crippen MR) is 44.1 cm³/mol. The molecule has 0 radical (unpaired) electrons. The lowest BCUT2D eigenvalue weighted by Gasteiger charge is -2.12. The molecule has 0 atom stereocenters. The van der Waals surface area contributed by atoms with Crippen LogP contribution in [0.1, 0.15) is 32.6 Å². The van der Waals surface area contributed by atoms with Gasteiger partial charge in [0, 0.05) is 0 Å². The molecule has 0 aromatic rings. The number of hydrogen-bond acceptors (Lipinski definition) is 4. The Morgan fingerprint density at radius 2 is 1.08 bits per heavy atom. The molecular weight excluding hydrogens is 160 g/mol. The van der Waals surface area contributed by atoms with E-state index in [2.05, 4.69) is 0 Å². The second-order valence-corrected chi connectivity index (χ2v) is 3.22. The van der Waals surface area contributed by atoms with Crippen LogP contribution in [0, 0.1) is 5.92 Å². The van der Waals surface area contributed by atoms with Gasteiger partial charge in [-0.15, -0.1) is 0 Å². The molecule has 0 aliphatic heterocycles. The van der Waals surface area contributed by atoms with Crippen LogP contribution in [0.15, 0.2) is 0 Å². The smallest absolute Gasteiger partial charge is 0.151 e. The Morgan fingerprint density at radius 1 is 0.750 bits per heavy atom. The average Bonchev–Trinajstić information content (AvgIpc) is 1.96. The summed E-state index contributed by atoms with van der Waals surface area (Å²) in [5, 5.41) is 34.1. The summed E-state index contributed by atoms with van der Waals surface area (Å²) in [7, 11) is 0. The van der Waals surface area contributed by atoms with E-state index in [9.17, 15) is 0 Å². The number of aliphatic hydroxyl groups excluding tert-OH is 2. The van der Waals surface area contributed by atoms with Crippen LogP contribution < -0.4 is 0 Å². The van der Waals surface area contributed by atoms with Crippen molar-refractivity contribution in [2.75, 3.05) is 0 Å². The van der Waals surface area contributed by atoms with Gasteiger partial charge in [0.1, 0.15) is 0 Å². The molecule has 0 aliphatic carbocycles. The molecule has 0 bridgehead atoms. The van der Waals surface area contributed by atoms with E-state index in [0.29, 0.717) is 31.6 Å². The molecule has 74 valence electrons. The van der Waals surface area contributed by atoms with Gasteiger partial charge in [0.05, 0.1) is 0 Å². The highest BCUT2D eigenvalue weighted by Gasteiger charge is 2.07. The number of aliphatic hydroxyl groups is 4. The summed E-state index contributed by atoms with van der Waals surface area (Å²) in [4.78, 5) is 0. The summed E-state index contributed by atoms with van der Waals surface area (Å²) in [5.41, 5.74) is 0. The summed E-state index contributed by atoms with van der Waals surface area (Å²) in [6.07, 6.45) is -0.391. The Kier molecular flexibility index (Phi) is 6.28. The van der Waals surface area contributed by atoms with Crippen LogP contribution in [0.5, 0.6) is 0 Å². The monoisotopic (exact) mass is 178 g/mol. The second kappa shape index (κ2) is 6.37. The van der Waals surface area contributed by atoms with E-state index in [0.717, 1.165) is 0 Å². The van der Waals surface area contributed by atoms with Crippen molar-refractivity contribution in [3.05, 3.63) is 0 Å². The quantitative estimate of drug-likeness (QED) is 0.425. The molecule has 12 heavy (non-hydrogen) atoms. The normalized spacial score (nSPS) is 12.0. The lowest BCUT2D eigenvalue weighted by molar-refractivity contribution is -0.0549. The van der Waals surface area contributed by atoms with Gasteiger partial charge in [0.25, 0.3) is 0 Å². The van der Waals surface area contributed by atoms with E-state index in [-0.39, 0.29) is 0 Å². The standard InChI is InChI=1S/C8H18O4/c1-6(2-4-7(9)10)3-5-8(11)12/h6-12H,2-5H2,1H3. The zero-order valence-electron chi connectivity index (χ0n) is 7.35. The highest BCUT2D eigenvalue weighted by atomic mass is 16.5. The van der Waals surface area contributed by atoms with Crippen LogP contribution >= 0.6 is 0 Å². The van der Waals surface area contributed by atoms with Gasteiger partial charge in [-0.1, -0.05) is 6.92 Å². The van der Waals surface area contributed by atoms with Crippen LogP contribution in [0.25, 0.3) is 0 Å². The molecule has 0 unspecified atom stereocenters. The number of hydrogen-bond donors (Lipinski definition) is 4. The van der Waals surface area contributed by atoms with Crippen LogP contribution in [0.4, 0.5) is 0 Å². The molecule has 0 fully saturated rings. The van der Waals surface area contributed by atoms with Gasteiger partial charge in [0.2, 0.25) is 0 Å². The molecule has 0 amide bonds. The van der Waals surface area contributed by atoms with Gasteiger partial charge in [0.15, 0.2) is 12.6 Å². The van der Waals surface area contributed by atoms with E-state index in [1.54, 1.807) is 0 Å². The van der Waals surface area contributed by atoms with E-state index in [4.69, 9.17) is 20.4 Å². The first-order valence-corrected chi connectivity index (χ1v) is 4.24. The first kappa shape index (κ1) is 11.8. The molecule has 0 aliphatic rings. The van der Waals surface area contributed by atoms with Gasteiger partial charge in [-0.2, -0.15) is 0 Å². The molecule has 0 aromatic heterocycles. The van der Waals surface area contributed by atoms with Gasteiger partial charge >= 0.3 is 0 Å². The summed E-state index contributed by atoms with van der Waals surface area (Å²) < 4.78 is 0. The topological polar surface area (TPSA) is 80.9 Å². The minimum atomic E-state index is -1.24. The minimum absolute atomic E-state index is 0.300. The van der Waals surface area contributed by atoms with Crippen molar-refractivity contribution >= 4 is 0 Å². The Bertz CT molecular complexity index is 91.2.